The number of rotatable bonds is 8. The molecule has 0 aromatic heterocycles. The number of piperazine rings is 1. The van der Waals surface area contributed by atoms with Gasteiger partial charge >= 0.3 is 11.9 Å². The van der Waals surface area contributed by atoms with Crippen LogP contribution in [0, 0.1) is 0 Å². The van der Waals surface area contributed by atoms with E-state index in [1.807, 2.05) is 17.6 Å². The van der Waals surface area contributed by atoms with Gasteiger partial charge in [0, 0.05) is 53.4 Å². The zero-order valence-corrected chi connectivity index (χ0v) is 19.2. The Balaban J connectivity index is 1.45. The zero-order chi connectivity index (χ0) is 22.7. The summed E-state index contributed by atoms with van der Waals surface area (Å²) in [7, 11) is 3.21. The smallest absolute Gasteiger partial charge is 0.333 e. The van der Waals surface area contributed by atoms with Crippen LogP contribution in [0.25, 0.3) is 0 Å². The number of amidine groups is 2. The topological polar surface area (TPSA) is 71.7 Å². The molecule has 1 aromatic rings. The van der Waals surface area contributed by atoms with E-state index in [2.05, 4.69) is 34.1 Å². The predicted octanol–water partition coefficient (Wildman–Crippen LogP) is 0.556. The summed E-state index contributed by atoms with van der Waals surface area (Å²) in [5, 5.41) is 0. The molecule has 9 heteroatoms. The lowest BCUT2D eigenvalue weighted by molar-refractivity contribution is -0.539. The molecule has 3 aliphatic rings. The number of urea groups is 1. The molecule has 4 rings (SSSR count). The van der Waals surface area contributed by atoms with E-state index in [0.29, 0.717) is 32.1 Å². The Morgan fingerprint density at radius 1 is 1.00 bits per heavy atom. The van der Waals surface area contributed by atoms with Crippen LogP contribution in [0.3, 0.4) is 0 Å². The second-order valence-electron chi connectivity index (χ2n) is 8.46. The second-order valence-corrected chi connectivity index (χ2v) is 8.46. The molecule has 1 aromatic carbocycles. The van der Waals surface area contributed by atoms with Gasteiger partial charge in [-0.05, 0) is 17.5 Å². The molecule has 9 nitrogen and oxygen atoms in total. The summed E-state index contributed by atoms with van der Waals surface area (Å²) in [6.07, 6.45) is 0. The van der Waals surface area contributed by atoms with E-state index in [0.717, 1.165) is 38.6 Å². The number of aliphatic imine (C=N–C) groups is 1. The average Bonchev–Trinajstić information content (AvgIpc) is 3.16. The minimum Gasteiger partial charge on any atom is -0.378 e. The van der Waals surface area contributed by atoms with Gasteiger partial charge in [0.15, 0.2) is 0 Å². The molecular weight excluding hydrogens is 408 g/mol. The first-order valence-corrected chi connectivity index (χ1v) is 11.3. The van der Waals surface area contributed by atoms with Gasteiger partial charge in [-0.15, -0.1) is 0 Å². The molecule has 3 aliphatic heterocycles. The Hall–Kier alpha value is -2.62. The molecule has 0 bridgehead atoms. The number of hydrogen-bond donors (Lipinski definition) is 0. The third kappa shape index (κ3) is 4.60. The third-order valence-electron chi connectivity index (χ3n) is 6.37. The molecule has 1 unspecified atom stereocenters. The molecule has 1 atom stereocenters. The maximum atomic E-state index is 12.9. The Morgan fingerprint density at radius 2 is 1.66 bits per heavy atom. The standard InChI is InChI=1S/C23H33N6O3/c1-4-32-15-14-29-19(24-21-20(29)22(30)26(3)23(31)25(21)2)17-28-12-10-27(11-13-28)16-18-8-6-5-7-9-18/h5-9,20H,4,10-17H2,1-3H3/q+1. The highest BCUT2D eigenvalue weighted by molar-refractivity contribution is 6.23. The first-order valence-electron chi connectivity index (χ1n) is 11.3. The van der Waals surface area contributed by atoms with Crippen LogP contribution in [0.2, 0.25) is 0 Å². The Kier molecular flexibility index (Phi) is 6.98. The molecular formula is C23H33N6O3+. The molecule has 3 amide bonds. The van der Waals surface area contributed by atoms with Crippen molar-refractivity contribution in [2.75, 3.05) is 66.6 Å². The predicted molar refractivity (Wildman–Crippen MR) is 122 cm³/mol. The number of nitrogens with zero attached hydrogens (tertiary/aromatic N) is 6. The number of hydrogen-bond acceptors (Lipinski definition) is 6. The van der Waals surface area contributed by atoms with E-state index in [4.69, 9.17) is 9.73 Å². The monoisotopic (exact) mass is 441 g/mol. The van der Waals surface area contributed by atoms with Crippen LogP contribution in [0.1, 0.15) is 12.5 Å². The number of carbonyl (C=O) groups excluding carboxylic acids is 2. The molecule has 172 valence electrons. The average molecular weight is 442 g/mol. The number of benzene rings is 1. The molecule has 2 saturated heterocycles. The maximum absolute atomic E-state index is 12.9. The van der Waals surface area contributed by atoms with E-state index in [9.17, 15) is 9.59 Å². The summed E-state index contributed by atoms with van der Waals surface area (Å²) in [6, 6.07) is 9.64. The summed E-state index contributed by atoms with van der Waals surface area (Å²) < 4.78 is 7.58. The normalized spacial score (nSPS) is 22.6. The number of imide groups is 1. The van der Waals surface area contributed by atoms with E-state index < -0.39 is 6.04 Å². The van der Waals surface area contributed by atoms with E-state index in [1.54, 1.807) is 7.05 Å². The van der Waals surface area contributed by atoms with Gasteiger partial charge in [0.1, 0.15) is 13.1 Å². The third-order valence-corrected chi connectivity index (χ3v) is 6.37. The van der Waals surface area contributed by atoms with Crippen molar-refractivity contribution in [3.8, 4) is 0 Å². The zero-order valence-electron chi connectivity index (χ0n) is 19.2. The lowest BCUT2D eigenvalue weighted by Gasteiger charge is -2.34. The molecule has 0 spiro atoms. The van der Waals surface area contributed by atoms with E-state index in [-0.39, 0.29) is 11.9 Å². The van der Waals surface area contributed by atoms with Gasteiger partial charge in [-0.3, -0.25) is 24.4 Å². The fourth-order valence-electron chi connectivity index (χ4n) is 4.49. The first-order chi connectivity index (χ1) is 15.5. The van der Waals surface area contributed by atoms with Gasteiger partial charge in [-0.2, -0.15) is 0 Å². The van der Waals surface area contributed by atoms with Gasteiger partial charge in [0.25, 0.3) is 17.8 Å². The van der Waals surface area contributed by atoms with Gasteiger partial charge in [0.2, 0.25) is 0 Å². The highest BCUT2D eigenvalue weighted by Crippen LogP contribution is 2.19. The van der Waals surface area contributed by atoms with E-state index >= 15 is 0 Å². The number of amides is 3. The SMILES string of the molecule is CCOCC[N+]1=C(CN2CCN(Cc3ccccc3)CC2)N=C2C1C(=O)N(C)C(=O)N2C. The van der Waals surface area contributed by atoms with Crippen molar-refractivity contribution in [3.63, 3.8) is 0 Å². The van der Waals surface area contributed by atoms with Crippen molar-refractivity contribution >= 4 is 23.6 Å². The minimum absolute atomic E-state index is 0.231. The largest absolute Gasteiger partial charge is 0.378 e. The van der Waals surface area contributed by atoms with Gasteiger partial charge in [0.05, 0.1) is 6.61 Å². The van der Waals surface area contributed by atoms with Gasteiger partial charge < -0.3 is 4.74 Å². The first kappa shape index (κ1) is 22.6. The number of likely N-dealkylation sites (N-methyl/N-ethyl adjacent to an activating group) is 2. The summed E-state index contributed by atoms with van der Waals surface area (Å²) in [4.78, 5) is 37.6. The van der Waals surface area contributed by atoms with Crippen LogP contribution in [0.15, 0.2) is 35.3 Å². The highest BCUT2D eigenvalue weighted by Gasteiger charge is 2.53. The van der Waals surface area contributed by atoms with Gasteiger partial charge in [-0.1, -0.05) is 30.3 Å². The van der Waals surface area contributed by atoms with Crippen LogP contribution < -0.4 is 0 Å². The van der Waals surface area contributed by atoms with Crippen molar-refractivity contribution in [2.24, 2.45) is 4.99 Å². The number of ether oxygens (including phenoxy) is 1. The van der Waals surface area contributed by atoms with Crippen molar-refractivity contribution in [2.45, 2.75) is 19.5 Å². The summed E-state index contributed by atoms with van der Waals surface area (Å²) >= 11 is 0. The van der Waals surface area contributed by atoms with Crippen molar-refractivity contribution in [1.29, 1.82) is 0 Å². The molecule has 0 saturated carbocycles. The highest BCUT2D eigenvalue weighted by atomic mass is 16.5. The summed E-state index contributed by atoms with van der Waals surface area (Å²) in [5.41, 5.74) is 1.33. The number of fused-ring (bicyclic) bond motifs is 1. The fourth-order valence-corrected chi connectivity index (χ4v) is 4.49. The fraction of sp³-hybridized carbons (Fsp3) is 0.565. The molecule has 0 aliphatic carbocycles. The van der Waals surface area contributed by atoms with Crippen molar-refractivity contribution in [1.82, 2.24) is 19.6 Å². The molecule has 0 radical (unpaired) electrons. The lowest BCUT2D eigenvalue weighted by atomic mass is 10.1. The van der Waals surface area contributed by atoms with Crippen LogP contribution in [-0.4, -0.2) is 120 Å². The summed E-state index contributed by atoms with van der Waals surface area (Å²) in [6.45, 7) is 9.13. The second kappa shape index (κ2) is 9.89. The maximum Gasteiger partial charge on any atom is 0.333 e. The quantitative estimate of drug-likeness (QED) is 0.435. The van der Waals surface area contributed by atoms with E-state index in [1.165, 1.54) is 22.4 Å². The van der Waals surface area contributed by atoms with Crippen LogP contribution in [-0.2, 0) is 16.1 Å². The van der Waals surface area contributed by atoms with Crippen molar-refractivity contribution in [3.05, 3.63) is 35.9 Å². The minimum atomic E-state index is -0.558. The van der Waals surface area contributed by atoms with Crippen LogP contribution >= 0.6 is 0 Å². The molecule has 3 heterocycles. The Labute approximate surface area is 189 Å². The number of carbonyl (C=O) groups is 2. The molecule has 0 N–H and O–H groups in total. The molecule has 32 heavy (non-hydrogen) atoms. The van der Waals surface area contributed by atoms with Gasteiger partial charge in [-0.25, -0.2) is 9.37 Å². The van der Waals surface area contributed by atoms with Crippen LogP contribution in [0.5, 0.6) is 0 Å². The summed E-state index contributed by atoms with van der Waals surface area (Å²) in [5.74, 6) is 1.13. The lowest BCUT2D eigenvalue weighted by Crippen LogP contribution is -2.61. The van der Waals surface area contributed by atoms with Crippen LogP contribution in [0.4, 0.5) is 4.79 Å². The Bertz CT molecular complexity index is 908. The Morgan fingerprint density at radius 3 is 2.31 bits per heavy atom. The van der Waals surface area contributed by atoms with Crippen molar-refractivity contribution < 1.29 is 18.9 Å². The molecule has 2 fully saturated rings.